The van der Waals surface area contributed by atoms with Gasteiger partial charge in [-0.05, 0) is 18.1 Å². The summed E-state index contributed by atoms with van der Waals surface area (Å²) in [5.41, 5.74) is 1.88. The van der Waals surface area contributed by atoms with Gasteiger partial charge in [0.2, 0.25) is 15.9 Å². The number of nitrogens with one attached hydrogen (secondary N) is 1. The Bertz CT molecular complexity index is 1290. The second kappa shape index (κ2) is 10.6. The van der Waals surface area contributed by atoms with Gasteiger partial charge in [0.25, 0.3) is 5.91 Å². The van der Waals surface area contributed by atoms with E-state index in [1.165, 1.54) is 6.07 Å². The number of ether oxygens (including phenoxy) is 1. The van der Waals surface area contributed by atoms with Crippen molar-refractivity contribution in [2.24, 2.45) is 0 Å². The second-order valence-corrected chi connectivity index (χ2v) is 10.6. The predicted octanol–water partition coefficient (Wildman–Crippen LogP) is 2.25. The van der Waals surface area contributed by atoms with E-state index in [2.05, 4.69) is 14.6 Å². The number of likely N-dealkylation sites (tertiary alicyclic amines) is 1. The lowest BCUT2D eigenvalue weighted by Crippen LogP contribution is -2.41. The molecular weight excluding hydrogens is 468 g/mol. The van der Waals surface area contributed by atoms with Crippen LogP contribution < -0.4 is 9.46 Å². The number of nitrogens with zero attached hydrogens (tertiary/aromatic N) is 3. The number of aromatic nitrogens is 1. The minimum Gasteiger partial charge on any atom is -0.467 e. The standard InChI is InChI=1S/C25H30N4O5S/c1-28(23(18-8-4-3-5-9-18)16-29-13-12-19(30)15-29)25(31)17-34-24-14-22(27-35(2,32)33)20-10-6-7-11-21(20)26-24/h3-11,14,19,23,30H,12-13,15-17H2,1-2H3,(H,26,27)/t19-,23?/m0/s1. The molecule has 1 aliphatic rings. The van der Waals surface area contributed by atoms with E-state index in [0.717, 1.165) is 24.8 Å². The summed E-state index contributed by atoms with van der Waals surface area (Å²) < 4.78 is 31.9. The Labute approximate surface area is 205 Å². The zero-order valence-electron chi connectivity index (χ0n) is 19.8. The Balaban J connectivity index is 1.51. The Kier molecular flexibility index (Phi) is 7.54. The molecule has 0 aliphatic carbocycles. The molecule has 186 valence electrons. The van der Waals surface area contributed by atoms with Crippen LogP contribution in [0.15, 0.2) is 60.7 Å². The fourth-order valence-electron chi connectivity index (χ4n) is 4.27. The first-order valence-electron chi connectivity index (χ1n) is 11.4. The zero-order valence-corrected chi connectivity index (χ0v) is 20.6. The fourth-order valence-corrected chi connectivity index (χ4v) is 4.84. The Hall–Kier alpha value is -3.21. The molecule has 1 saturated heterocycles. The number of aliphatic hydroxyl groups excluding tert-OH is 1. The summed E-state index contributed by atoms with van der Waals surface area (Å²) in [6.45, 7) is 1.70. The topological polar surface area (TPSA) is 112 Å². The van der Waals surface area contributed by atoms with Crippen molar-refractivity contribution in [1.29, 1.82) is 0 Å². The van der Waals surface area contributed by atoms with Crippen molar-refractivity contribution in [3.63, 3.8) is 0 Å². The quantitative estimate of drug-likeness (QED) is 0.465. The normalized spacial score (nSPS) is 17.3. The summed E-state index contributed by atoms with van der Waals surface area (Å²) in [6.07, 6.45) is 1.45. The van der Waals surface area contributed by atoms with Gasteiger partial charge in [0.15, 0.2) is 6.61 Å². The van der Waals surface area contributed by atoms with Gasteiger partial charge in [0.1, 0.15) is 0 Å². The molecule has 1 fully saturated rings. The highest BCUT2D eigenvalue weighted by Gasteiger charge is 2.28. The number of carbonyl (C=O) groups is 1. The lowest BCUT2D eigenvalue weighted by atomic mass is 10.0. The van der Waals surface area contributed by atoms with Crippen molar-refractivity contribution in [2.45, 2.75) is 18.6 Å². The van der Waals surface area contributed by atoms with Crippen LogP contribution in [0.3, 0.4) is 0 Å². The van der Waals surface area contributed by atoms with Crippen LogP contribution in [0.4, 0.5) is 5.69 Å². The van der Waals surface area contributed by atoms with Crippen molar-refractivity contribution < 1.29 is 23.1 Å². The van der Waals surface area contributed by atoms with E-state index in [-0.39, 0.29) is 30.5 Å². The SMILES string of the molecule is CN(C(=O)COc1cc(NS(C)(=O)=O)c2ccccc2n1)C(CN1CC[C@H](O)C1)c1ccccc1. The average Bonchev–Trinajstić information content (AvgIpc) is 3.25. The average molecular weight is 499 g/mol. The number of anilines is 1. The molecule has 2 aromatic carbocycles. The molecule has 3 aromatic rings. The number of rotatable bonds is 9. The maximum atomic E-state index is 13.1. The number of pyridine rings is 1. The van der Waals surface area contributed by atoms with Crippen molar-refractivity contribution in [3.05, 3.63) is 66.2 Å². The third kappa shape index (κ3) is 6.47. The number of hydrogen-bond acceptors (Lipinski definition) is 7. The van der Waals surface area contributed by atoms with Gasteiger partial charge in [-0.2, -0.15) is 0 Å². The van der Waals surface area contributed by atoms with E-state index in [1.54, 1.807) is 36.2 Å². The Morgan fingerprint density at radius 3 is 2.63 bits per heavy atom. The molecule has 0 bridgehead atoms. The molecule has 0 radical (unpaired) electrons. The van der Waals surface area contributed by atoms with Crippen LogP contribution in [0.25, 0.3) is 10.9 Å². The number of carbonyl (C=O) groups excluding carboxylic acids is 1. The van der Waals surface area contributed by atoms with Crippen LogP contribution in [0.2, 0.25) is 0 Å². The molecule has 1 aromatic heterocycles. The number of benzene rings is 2. The lowest BCUT2D eigenvalue weighted by molar-refractivity contribution is -0.134. The molecule has 2 atom stereocenters. The summed E-state index contributed by atoms with van der Waals surface area (Å²) in [6, 6.07) is 18.1. The summed E-state index contributed by atoms with van der Waals surface area (Å²) >= 11 is 0. The number of sulfonamides is 1. The van der Waals surface area contributed by atoms with Crippen LogP contribution in [0, 0.1) is 0 Å². The van der Waals surface area contributed by atoms with Crippen LogP contribution >= 0.6 is 0 Å². The second-order valence-electron chi connectivity index (χ2n) is 8.82. The van der Waals surface area contributed by atoms with Gasteiger partial charge < -0.3 is 14.7 Å². The minimum absolute atomic E-state index is 0.149. The fraction of sp³-hybridized carbons (Fsp3) is 0.360. The highest BCUT2D eigenvalue weighted by Crippen LogP contribution is 2.28. The number of β-amino-alcohol motifs (C(OH)–C–C–N with tert-alkyl or cyclic N) is 1. The number of amides is 1. The first-order valence-corrected chi connectivity index (χ1v) is 13.3. The Morgan fingerprint density at radius 1 is 1.23 bits per heavy atom. The maximum absolute atomic E-state index is 13.1. The van der Waals surface area contributed by atoms with Gasteiger partial charge in [-0.1, -0.05) is 48.5 Å². The number of fused-ring (bicyclic) bond motifs is 1. The van der Waals surface area contributed by atoms with Crippen molar-refractivity contribution in [2.75, 3.05) is 44.3 Å². The summed E-state index contributed by atoms with van der Waals surface area (Å²) in [4.78, 5) is 21.4. The van der Waals surface area contributed by atoms with Gasteiger partial charge in [-0.15, -0.1) is 0 Å². The maximum Gasteiger partial charge on any atom is 0.260 e. The van der Waals surface area contributed by atoms with Gasteiger partial charge in [-0.3, -0.25) is 14.4 Å². The summed E-state index contributed by atoms with van der Waals surface area (Å²) in [5, 5.41) is 10.5. The first kappa shape index (κ1) is 24.9. The Morgan fingerprint density at radius 2 is 1.94 bits per heavy atom. The third-order valence-electron chi connectivity index (χ3n) is 6.06. The molecule has 1 amide bonds. The predicted molar refractivity (Wildman–Crippen MR) is 135 cm³/mol. The number of para-hydroxylation sites is 1. The number of likely N-dealkylation sites (N-methyl/N-ethyl adjacent to an activating group) is 1. The summed E-state index contributed by atoms with van der Waals surface area (Å²) in [5.74, 6) is -0.0956. The highest BCUT2D eigenvalue weighted by atomic mass is 32.2. The third-order valence-corrected chi connectivity index (χ3v) is 6.65. The van der Waals surface area contributed by atoms with E-state index in [9.17, 15) is 18.3 Å². The van der Waals surface area contributed by atoms with E-state index in [0.29, 0.717) is 29.7 Å². The van der Waals surface area contributed by atoms with Crippen molar-refractivity contribution >= 4 is 32.5 Å². The molecule has 35 heavy (non-hydrogen) atoms. The van der Waals surface area contributed by atoms with Crippen LogP contribution in [-0.4, -0.2) is 79.9 Å². The first-order chi connectivity index (χ1) is 16.7. The molecule has 4 rings (SSSR count). The largest absolute Gasteiger partial charge is 0.467 e. The van der Waals surface area contributed by atoms with Crippen LogP contribution in [-0.2, 0) is 14.8 Å². The molecule has 1 aliphatic heterocycles. The van der Waals surface area contributed by atoms with E-state index in [4.69, 9.17) is 4.74 Å². The summed E-state index contributed by atoms with van der Waals surface area (Å²) in [7, 11) is -1.78. The van der Waals surface area contributed by atoms with Crippen LogP contribution in [0.1, 0.15) is 18.0 Å². The van der Waals surface area contributed by atoms with Crippen LogP contribution in [0.5, 0.6) is 5.88 Å². The molecule has 10 heteroatoms. The van der Waals surface area contributed by atoms with Gasteiger partial charge in [0.05, 0.1) is 29.6 Å². The smallest absolute Gasteiger partial charge is 0.260 e. The highest BCUT2D eigenvalue weighted by molar-refractivity contribution is 7.92. The lowest BCUT2D eigenvalue weighted by Gasteiger charge is -2.32. The monoisotopic (exact) mass is 498 g/mol. The van der Waals surface area contributed by atoms with Gasteiger partial charge in [0, 0.05) is 38.1 Å². The minimum atomic E-state index is -3.52. The van der Waals surface area contributed by atoms with E-state index < -0.39 is 10.0 Å². The van der Waals surface area contributed by atoms with Crippen molar-refractivity contribution in [3.8, 4) is 5.88 Å². The van der Waals surface area contributed by atoms with E-state index >= 15 is 0 Å². The molecule has 0 spiro atoms. The molecule has 0 saturated carbocycles. The molecule has 2 N–H and O–H groups in total. The van der Waals surface area contributed by atoms with Crippen molar-refractivity contribution in [1.82, 2.24) is 14.8 Å². The van der Waals surface area contributed by atoms with Gasteiger partial charge >= 0.3 is 0 Å². The molecule has 9 nitrogen and oxygen atoms in total. The molecule has 2 heterocycles. The zero-order chi connectivity index (χ0) is 25.0. The van der Waals surface area contributed by atoms with E-state index in [1.807, 2.05) is 30.3 Å². The number of aliphatic hydroxyl groups is 1. The number of hydrogen-bond donors (Lipinski definition) is 2. The van der Waals surface area contributed by atoms with Gasteiger partial charge in [-0.25, -0.2) is 13.4 Å². The molecule has 1 unspecified atom stereocenters. The molecular formula is C25H30N4O5S.